The predicted molar refractivity (Wildman–Crippen MR) is 80.3 cm³/mol. The van der Waals surface area contributed by atoms with E-state index in [2.05, 4.69) is 62.4 Å². The molecule has 0 aliphatic heterocycles. The minimum absolute atomic E-state index is 0.106. The molecule has 0 spiro atoms. The van der Waals surface area contributed by atoms with Crippen molar-refractivity contribution in [3.63, 3.8) is 0 Å². The standard InChI is InChI=1S/C14H14P.2ClH.Pd/c1-11-7-3-5-9-13(11)15-14-10-6-4-8-12(14)2;;;/h3-10H,1-2H3;2*1H;/q;;;+2/p-2. The van der Waals surface area contributed by atoms with Gasteiger partial charge >= 0.3 is 35.0 Å². The van der Waals surface area contributed by atoms with Gasteiger partial charge in [0.15, 0.2) is 0 Å². The van der Waals surface area contributed by atoms with Crippen LogP contribution in [0, 0.1) is 13.8 Å². The third kappa shape index (κ3) is 5.40. The maximum atomic E-state index is 4.81. The van der Waals surface area contributed by atoms with E-state index in [0.29, 0.717) is 0 Å². The van der Waals surface area contributed by atoms with E-state index in [1.54, 1.807) is 0 Å². The summed E-state index contributed by atoms with van der Waals surface area (Å²) in [6.07, 6.45) is 0. The minimum atomic E-state index is -0.106. The molecule has 2 aromatic rings. The van der Waals surface area contributed by atoms with Gasteiger partial charge in [-0.15, -0.1) is 0 Å². The van der Waals surface area contributed by atoms with Gasteiger partial charge in [0.05, 0.1) is 0 Å². The van der Waals surface area contributed by atoms with E-state index >= 15 is 0 Å². The third-order valence-electron chi connectivity index (χ3n) is 2.47. The zero-order valence-electron chi connectivity index (χ0n) is 10.1. The summed E-state index contributed by atoms with van der Waals surface area (Å²) in [6, 6.07) is 17.1. The molecule has 2 aromatic carbocycles. The zero-order chi connectivity index (χ0) is 13.4. The molecule has 0 saturated carbocycles. The van der Waals surface area contributed by atoms with Gasteiger partial charge in [-0.2, -0.15) is 0 Å². The van der Waals surface area contributed by atoms with Gasteiger partial charge in [0.25, 0.3) is 0 Å². The molecule has 99 valence electrons. The molecule has 0 N–H and O–H groups in total. The van der Waals surface area contributed by atoms with Gasteiger partial charge in [-0.05, 0) is 44.2 Å². The molecule has 0 aliphatic rings. The van der Waals surface area contributed by atoms with Crippen LogP contribution in [0.1, 0.15) is 11.1 Å². The number of rotatable bonds is 2. The van der Waals surface area contributed by atoms with Crippen molar-refractivity contribution in [1.29, 1.82) is 0 Å². The molecule has 0 aliphatic carbocycles. The van der Waals surface area contributed by atoms with Gasteiger partial charge < -0.3 is 0 Å². The molecule has 0 aromatic heterocycles. The Kier molecular flexibility index (Phi) is 8.16. The fourth-order valence-corrected chi connectivity index (χ4v) is 2.59. The van der Waals surface area contributed by atoms with E-state index in [4.69, 9.17) is 19.1 Å². The van der Waals surface area contributed by atoms with Crippen LogP contribution in [0.3, 0.4) is 0 Å². The van der Waals surface area contributed by atoms with E-state index in [9.17, 15) is 0 Å². The molecule has 1 radical (unpaired) electrons. The third-order valence-corrected chi connectivity index (χ3v) is 3.96. The van der Waals surface area contributed by atoms with E-state index in [-0.39, 0.29) is 15.9 Å². The Balaban J connectivity index is 0.000000492. The Morgan fingerprint density at radius 1 is 0.778 bits per heavy atom. The Bertz CT molecular complexity index is 445. The number of halogens is 2. The zero-order valence-corrected chi connectivity index (χ0v) is 14.1. The van der Waals surface area contributed by atoms with E-state index in [1.165, 1.54) is 30.3 Å². The summed E-state index contributed by atoms with van der Waals surface area (Å²) in [6.45, 7) is 4.33. The Morgan fingerprint density at radius 2 is 1.11 bits per heavy atom. The van der Waals surface area contributed by atoms with Gasteiger partial charge in [0.1, 0.15) is 0 Å². The van der Waals surface area contributed by atoms with Crippen molar-refractivity contribution in [2.75, 3.05) is 0 Å². The number of hydrogen-bond donors (Lipinski definition) is 0. The Labute approximate surface area is 127 Å². The van der Waals surface area contributed by atoms with Crippen LogP contribution in [0.25, 0.3) is 0 Å². The van der Waals surface area contributed by atoms with Crippen LogP contribution in [0.15, 0.2) is 48.5 Å². The van der Waals surface area contributed by atoms with Gasteiger partial charge in [-0.1, -0.05) is 48.5 Å². The summed E-state index contributed by atoms with van der Waals surface area (Å²) in [5, 5.41) is 2.79. The molecule has 2 rings (SSSR count). The van der Waals surface area contributed by atoms with Crippen molar-refractivity contribution in [3.05, 3.63) is 59.7 Å². The molecule has 4 heteroatoms. The molecule has 0 unspecified atom stereocenters. The van der Waals surface area contributed by atoms with Crippen LogP contribution in [0.5, 0.6) is 0 Å². The van der Waals surface area contributed by atoms with Crippen LogP contribution >= 0.6 is 27.6 Å². The van der Waals surface area contributed by atoms with Gasteiger partial charge in [0.2, 0.25) is 0 Å². The van der Waals surface area contributed by atoms with Gasteiger partial charge in [-0.3, -0.25) is 0 Å². The summed E-state index contributed by atoms with van der Waals surface area (Å²) in [5.41, 5.74) is 2.73. The van der Waals surface area contributed by atoms with Crippen molar-refractivity contribution >= 4 is 38.2 Å². The fraction of sp³-hybridized carbons (Fsp3) is 0.143. The normalized spacial score (nSPS) is 9.78. The quantitative estimate of drug-likeness (QED) is 0.520. The predicted octanol–water partition coefficient (Wildman–Crippen LogP) is 4.58. The van der Waals surface area contributed by atoms with E-state index < -0.39 is 0 Å². The average Bonchev–Trinajstić information content (AvgIpc) is 2.36. The van der Waals surface area contributed by atoms with E-state index in [0.717, 1.165) is 0 Å². The number of benzene rings is 2. The SMILES string of the molecule is Cc1ccccc1[P]c1ccccc1C.[Cl][Pd][Cl]. The van der Waals surface area contributed by atoms with Crippen LogP contribution in [-0.2, 0) is 15.9 Å². The first-order chi connectivity index (χ1) is 8.69. The fourth-order valence-electron chi connectivity index (χ4n) is 1.51. The molecular formula is C14H14Cl2PPd. The second-order valence-corrected chi connectivity index (χ2v) is 7.28. The van der Waals surface area contributed by atoms with Crippen molar-refractivity contribution in [2.24, 2.45) is 0 Å². The van der Waals surface area contributed by atoms with Crippen LogP contribution in [-0.4, -0.2) is 0 Å². The van der Waals surface area contributed by atoms with Gasteiger partial charge in [-0.25, -0.2) is 0 Å². The van der Waals surface area contributed by atoms with Gasteiger partial charge in [0, 0.05) is 0 Å². The summed E-state index contributed by atoms with van der Waals surface area (Å²) in [4.78, 5) is 0. The second-order valence-electron chi connectivity index (χ2n) is 3.73. The maximum absolute atomic E-state index is 4.81. The van der Waals surface area contributed by atoms with Crippen LogP contribution in [0.2, 0.25) is 0 Å². The van der Waals surface area contributed by atoms with Crippen molar-refractivity contribution in [2.45, 2.75) is 13.8 Å². The Hall–Kier alpha value is 0.112. The van der Waals surface area contributed by atoms with Crippen molar-refractivity contribution in [3.8, 4) is 0 Å². The van der Waals surface area contributed by atoms with Crippen LogP contribution < -0.4 is 10.6 Å². The molecule has 0 saturated heterocycles. The molecule has 0 atom stereocenters. The van der Waals surface area contributed by atoms with Crippen molar-refractivity contribution in [1.82, 2.24) is 0 Å². The molecule has 0 heterocycles. The first-order valence-corrected chi connectivity index (χ1v) is 10.2. The summed E-state index contributed by atoms with van der Waals surface area (Å²) in [7, 11) is 10.9. The van der Waals surface area contributed by atoms with Crippen molar-refractivity contribution < 1.29 is 15.9 Å². The molecule has 0 nitrogen and oxygen atoms in total. The molecular weight excluding hydrogens is 376 g/mol. The molecule has 0 fully saturated rings. The van der Waals surface area contributed by atoms with E-state index in [1.807, 2.05) is 0 Å². The molecule has 0 bridgehead atoms. The topological polar surface area (TPSA) is 0 Å². The molecule has 18 heavy (non-hydrogen) atoms. The van der Waals surface area contributed by atoms with Crippen LogP contribution in [0.4, 0.5) is 0 Å². The number of hydrogen-bond acceptors (Lipinski definition) is 0. The summed E-state index contributed by atoms with van der Waals surface area (Å²) >= 11 is -0.106. The monoisotopic (exact) mass is 389 g/mol. The first-order valence-electron chi connectivity index (χ1n) is 5.34. The first kappa shape index (κ1) is 16.2. The summed E-state index contributed by atoms with van der Waals surface area (Å²) in [5.74, 6) is 0. The number of aryl methyl sites for hydroxylation is 2. The second kappa shape index (κ2) is 9.09. The average molecular weight is 391 g/mol. The summed E-state index contributed by atoms with van der Waals surface area (Å²) < 4.78 is 0. The Morgan fingerprint density at radius 3 is 1.44 bits per heavy atom. The molecule has 0 amide bonds.